The first kappa shape index (κ1) is 10.8. The summed E-state index contributed by atoms with van der Waals surface area (Å²) in [5.41, 5.74) is 6.71. The smallest absolute Gasteiger partial charge is 0.258 e. The molecule has 18 heavy (non-hydrogen) atoms. The first-order valence-electron chi connectivity index (χ1n) is 5.32. The van der Waals surface area contributed by atoms with E-state index in [0.717, 1.165) is 10.1 Å². The molecule has 0 radical (unpaired) electrons. The van der Waals surface area contributed by atoms with Gasteiger partial charge in [0.15, 0.2) is 5.82 Å². The molecule has 6 heteroatoms. The van der Waals surface area contributed by atoms with Gasteiger partial charge in [0.05, 0.1) is 17.4 Å². The summed E-state index contributed by atoms with van der Waals surface area (Å²) >= 11 is 1.54. The number of hydrogen-bond donors (Lipinski definition) is 3. The number of carbonyl (C=O) groups excluding carboxylic acids is 1. The van der Waals surface area contributed by atoms with Crippen molar-refractivity contribution >= 4 is 38.8 Å². The molecule has 0 spiro atoms. The van der Waals surface area contributed by atoms with Crippen LogP contribution >= 0.6 is 11.3 Å². The molecule has 0 saturated heterocycles. The van der Waals surface area contributed by atoms with Crippen molar-refractivity contribution in [1.29, 1.82) is 0 Å². The minimum Gasteiger partial charge on any atom is -0.394 e. The van der Waals surface area contributed by atoms with Gasteiger partial charge < -0.3 is 11.1 Å². The molecule has 0 unspecified atom stereocenters. The molecule has 0 atom stereocenters. The van der Waals surface area contributed by atoms with E-state index < -0.39 is 0 Å². The number of carbonyl (C=O) groups is 1. The van der Waals surface area contributed by atoms with Gasteiger partial charge in [-0.15, -0.1) is 11.3 Å². The van der Waals surface area contributed by atoms with Crippen LogP contribution in [0, 0.1) is 0 Å². The van der Waals surface area contributed by atoms with Crippen molar-refractivity contribution in [2.24, 2.45) is 0 Å². The SMILES string of the molecule is Nc1cn[nH]c1NC(=O)c1csc2ccccc12. The van der Waals surface area contributed by atoms with Crippen LogP contribution in [0.25, 0.3) is 10.1 Å². The van der Waals surface area contributed by atoms with Gasteiger partial charge in [-0.25, -0.2) is 0 Å². The summed E-state index contributed by atoms with van der Waals surface area (Å²) in [6.45, 7) is 0. The molecule has 1 aromatic carbocycles. The predicted octanol–water partition coefficient (Wildman–Crippen LogP) is 2.46. The fourth-order valence-corrected chi connectivity index (χ4v) is 2.67. The Labute approximate surface area is 107 Å². The molecule has 5 nitrogen and oxygen atoms in total. The third-order valence-electron chi connectivity index (χ3n) is 2.63. The highest BCUT2D eigenvalue weighted by Crippen LogP contribution is 2.26. The Morgan fingerprint density at radius 1 is 1.39 bits per heavy atom. The molecule has 0 saturated carbocycles. The van der Waals surface area contributed by atoms with E-state index in [4.69, 9.17) is 5.73 Å². The summed E-state index contributed by atoms with van der Waals surface area (Å²) in [5.74, 6) is 0.235. The summed E-state index contributed by atoms with van der Waals surface area (Å²) in [7, 11) is 0. The van der Waals surface area contributed by atoms with Gasteiger partial charge in [-0.3, -0.25) is 9.89 Å². The Morgan fingerprint density at radius 3 is 3.00 bits per heavy atom. The van der Waals surface area contributed by atoms with Crippen molar-refractivity contribution in [1.82, 2.24) is 10.2 Å². The van der Waals surface area contributed by atoms with Gasteiger partial charge in [-0.1, -0.05) is 18.2 Å². The second-order valence-corrected chi connectivity index (χ2v) is 4.71. The van der Waals surface area contributed by atoms with Gasteiger partial charge in [0.25, 0.3) is 5.91 Å². The van der Waals surface area contributed by atoms with E-state index in [0.29, 0.717) is 17.1 Å². The molecule has 1 amide bonds. The fraction of sp³-hybridized carbons (Fsp3) is 0. The fourth-order valence-electron chi connectivity index (χ4n) is 1.73. The molecular weight excluding hydrogens is 248 g/mol. The highest BCUT2D eigenvalue weighted by molar-refractivity contribution is 7.17. The van der Waals surface area contributed by atoms with E-state index in [2.05, 4.69) is 15.5 Å². The Hall–Kier alpha value is -2.34. The van der Waals surface area contributed by atoms with E-state index >= 15 is 0 Å². The Kier molecular flexibility index (Phi) is 2.49. The summed E-state index contributed by atoms with van der Waals surface area (Å²) in [4.78, 5) is 12.1. The van der Waals surface area contributed by atoms with Crippen molar-refractivity contribution in [3.63, 3.8) is 0 Å². The highest BCUT2D eigenvalue weighted by atomic mass is 32.1. The molecule has 2 heterocycles. The summed E-state index contributed by atoms with van der Waals surface area (Å²) in [6, 6.07) is 7.78. The van der Waals surface area contributed by atoms with Gasteiger partial charge in [0.2, 0.25) is 0 Å². The number of benzene rings is 1. The number of H-pyrrole nitrogens is 1. The van der Waals surface area contributed by atoms with Crippen LogP contribution in [0.1, 0.15) is 10.4 Å². The van der Waals surface area contributed by atoms with Crippen molar-refractivity contribution in [3.05, 3.63) is 41.4 Å². The molecule has 0 fully saturated rings. The number of anilines is 2. The number of nitrogens with zero attached hydrogens (tertiary/aromatic N) is 1. The number of hydrogen-bond acceptors (Lipinski definition) is 4. The first-order chi connectivity index (χ1) is 8.75. The average Bonchev–Trinajstić information content (AvgIpc) is 2.96. The molecule has 0 aliphatic carbocycles. The van der Waals surface area contributed by atoms with Gasteiger partial charge in [-0.05, 0) is 6.07 Å². The molecular formula is C12H10N4OS. The average molecular weight is 258 g/mol. The third kappa shape index (κ3) is 1.72. The quantitative estimate of drug-likeness (QED) is 0.660. The lowest BCUT2D eigenvalue weighted by molar-refractivity contribution is 0.102. The van der Waals surface area contributed by atoms with E-state index in [1.54, 1.807) is 11.3 Å². The molecule has 4 N–H and O–H groups in total. The maximum Gasteiger partial charge on any atom is 0.258 e. The Bertz CT molecular complexity index is 716. The first-order valence-corrected chi connectivity index (χ1v) is 6.20. The van der Waals surface area contributed by atoms with E-state index in [9.17, 15) is 4.79 Å². The molecule has 3 aromatic rings. The number of nitrogen functional groups attached to an aromatic ring is 1. The second-order valence-electron chi connectivity index (χ2n) is 3.80. The summed E-state index contributed by atoms with van der Waals surface area (Å²) in [5, 5.41) is 11.9. The zero-order chi connectivity index (χ0) is 12.5. The van der Waals surface area contributed by atoms with Gasteiger partial charge >= 0.3 is 0 Å². The summed E-state index contributed by atoms with van der Waals surface area (Å²) < 4.78 is 1.08. The van der Waals surface area contributed by atoms with E-state index in [1.807, 2.05) is 29.6 Å². The van der Waals surface area contributed by atoms with E-state index in [-0.39, 0.29) is 5.91 Å². The summed E-state index contributed by atoms with van der Waals surface area (Å²) in [6.07, 6.45) is 1.46. The largest absolute Gasteiger partial charge is 0.394 e. The van der Waals surface area contributed by atoms with Crippen LogP contribution in [0.3, 0.4) is 0 Å². The van der Waals surface area contributed by atoms with Crippen LogP contribution in [0.5, 0.6) is 0 Å². The molecule has 3 rings (SSSR count). The molecule has 90 valence electrons. The number of aromatic nitrogens is 2. The predicted molar refractivity (Wildman–Crippen MR) is 72.8 cm³/mol. The third-order valence-corrected chi connectivity index (χ3v) is 3.60. The van der Waals surface area contributed by atoms with Crippen LogP contribution in [0.2, 0.25) is 0 Å². The minimum atomic E-state index is -0.191. The van der Waals surface area contributed by atoms with Crippen LogP contribution in [-0.4, -0.2) is 16.1 Å². The Balaban J connectivity index is 1.95. The number of fused-ring (bicyclic) bond motifs is 1. The van der Waals surface area contributed by atoms with Gasteiger partial charge in [0.1, 0.15) is 0 Å². The maximum atomic E-state index is 12.1. The second kappa shape index (κ2) is 4.15. The minimum absolute atomic E-state index is 0.191. The van der Waals surface area contributed by atoms with Crippen molar-refractivity contribution in [2.75, 3.05) is 11.1 Å². The van der Waals surface area contributed by atoms with Gasteiger partial charge in [0, 0.05) is 15.5 Å². The normalized spacial score (nSPS) is 10.7. The number of rotatable bonds is 2. The molecule has 2 aromatic heterocycles. The standard InChI is InChI=1S/C12H10N4OS/c13-9-5-14-16-11(9)15-12(17)8-6-18-10-4-2-1-3-7(8)10/h1-6H,13H2,(H2,14,15,16,17). The number of nitrogens with one attached hydrogen (secondary N) is 2. The van der Waals surface area contributed by atoms with Crippen LogP contribution in [0.4, 0.5) is 11.5 Å². The van der Waals surface area contributed by atoms with Crippen molar-refractivity contribution in [3.8, 4) is 0 Å². The molecule has 0 aliphatic rings. The lowest BCUT2D eigenvalue weighted by Crippen LogP contribution is -2.12. The van der Waals surface area contributed by atoms with Crippen LogP contribution in [-0.2, 0) is 0 Å². The maximum absolute atomic E-state index is 12.1. The number of aromatic amines is 1. The number of nitrogens with two attached hydrogens (primary N) is 1. The molecule has 0 aliphatic heterocycles. The van der Waals surface area contributed by atoms with E-state index in [1.165, 1.54) is 6.20 Å². The highest BCUT2D eigenvalue weighted by Gasteiger charge is 2.13. The monoisotopic (exact) mass is 258 g/mol. The zero-order valence-electron chi connectivity index (χ0n) is 9.31. The van der Waals surface area contributed by atoms with Gasteiger partial charge in [-0.2, -0.15) is 5.10 Å². The van der Waals surface area contributed by atoms with Crippen molar-refractivity contribution < 1.29 is 4.79 Å². The number of thiophene rings is 1. The lowest BCUT2D eigenvalue weighted by Gasteiger charge is -2.02. The molecule has 0 bridgehead atoms. The van der Waals surface area contributed by atoms with Crippen molar-refractivity contribution in [2.45, 2.75) is 0 Å². The lowest BCUT2D eigenvalue weighted by atomic mass is 10.1. The Morgan fingerprint density at radius 2 is 2.22 bits per heavy atom. The van der Waals surface area contributed by atoms with Crippen LogP contribution < -0.4 is 11.1 Å². The topological polar surface area (TPSA) is 83.8 Å². The van der Waals surface area contributed by atoms with Crippen LogP contribution in [0.15, 0.2) is 35.8 Å². The number of amides is 1. The zero-order valence-corrected chi connectivity index (χ0v) is 10.1.